The third-order valence-corrected chi connectivity index (χ3v) is 9.23. The predicted molar refractivity (Wildman–Crippen MR) is 124 cm³/mol. The molecule has 1 aliphatic heterocycles. The number of thiophene rings is 1. The van der Waals surface area contributed by atoms with Crippen molar-refractivity contribution in [3.05, 3.63) is 65.5 Å². The first-order valence-corrected chi connectivity index (χ1v) is 12.7. The Kier molecular flexibility index (Phi) is 6.40. The minimum atomic E-state index is -4.87. The molecule has 0 bridgehead atoms. The fraction of sp³-hybridized carbons (Fsp3) is 0.304. The molecule has 0 radical (unpaired) electrons. The number of hydrogen-bond acceptors (Lipinski definition) is 6. The van der Waals surface area contributed by atoms with Gasteiger partial charge in [0, 0.05) is 37.4 Å². The number of phenols is 1. The van der Waals surface area contributed by atoms with E-state index in [4.69, 9.17) is 0 Å². The normalized spacial score (nSPS) is 17.5. The molecule has 1 aromatic heterocycles. The van der Waals surface area contributed by atoms with Crippen LogP contribution in [0.5, 0.6) is 5.75 Å². The van der Waals surface area contributed by atoms with Crippen molar-refractivity contribution in [2.24, 2.45) is 0 Å². The average molecular weight is 513 g/mol. The van der Waals surface area contributed by atoms with Gasteiger partial charge in [0.05, 0.1) is 0 Å². The number of anilines is 1. The Hall–Kier alpha value is -2.60. The van der Waals surface area contributed by atoms with Gasteiger partial charge in [0.1, 0.15) is 9.96 Å². The number of piperazine rings is 1. The summed E-state index contributed by atoms with van der Waals surface area (Å²) in [6.45, 7) is 1.82. The predicted octanol–water partition coefficient (Wildman–Crippen LogP) is 4.40. The van der Waals surface area contributed by atoms with Gasteiger partial charge < -0.3 is 15.1 Å². The van der Waals surface area contributed by atoms with Crippen molar-refractivity contribution in [2.45, 2.75) is 22.9 Å². The summed E-state index contributed by atoms with van der Waals surface area (Å²) in [6, 6.07) is 13.3. The molecule has 2 N–H and O–H groups in total. The van der Waals surface area contributed by atoms with Crippen molar-refractivity contribution in [2.75, 3.05) is 31.1 Å². The SMILES string of the molecule is CC(O)(c1ccc(N2CCN(S(=O)(=O)c3cccs3)CC2)c(-c2ccc(O)cc2)c1)C(F)(F)F. The average Bonchev–Trinajstić information content (AvgIpc) is 3.35. The summed E-state index contributed by atoms with van der Waals surface area (Å²) in [5.74, 6) is 0.0103. The lowest BCUT2D eigenvalue weighted by molar-refractivity contribution is -0.258. The Balaban J connectivity index is 1.67. The minimum absolute atomic E-state index is 0.0103. The van der Waals surface area contributed by atoms with Gasteiger partial charge in [-0.15, -0.1) is 11.3 Å². The second-order valence-corrected chi connectivity index (χ2v) is 11.3. The molecule has 6 nitrogen and oxygen atoms in total. The molecule has 1 unspecified atom stereocenters. The van der Waals surface area contributed by atoms with Crippen molar-refractivity contribution in [3.63, 3.8) is 0 Å². The molecule has 1 fully saturated rings. The highest BCUT2D eigenvalue weighted by molar-refractivity contribution is 7.91. The minimum Gasteiger partial charge on any atom is -0.508 e. The quantitative estimate of drug-likeness (QED) is 0.530. The summed E-state index contributed by atoms with van der Waals surface area (Å²) in [5.41, 5.74) is -1.76. The number of phenolic OH excluding ortho intramolecular Hbond substituents is 1. The number of alkyl halides is 3. The Morgan fingerprint density at radius 3 is 2.18 bits per heavy atom. The zero-order chi connectivity index (χ0) is 24.7. The van der Waals surface area contributed by atoms with Crippen LogP contribution in [0.1, 0.15) is 12.5 Å². The van der Waals surface area contributed by atoms with Gasteiger partial charge in [0.2, 0.25) is 0 Å². The van der Waals surface area contributed by atoms with Crippen molar-refractivity contribution in [1.29, 1.82) is 0 Å². The molecule has 0 saturated carbocycles. The van der Waals surface area contributed by atoms with Gasteiger partial charge in [-0.1, -0.05) is 24.3 Å². The maximum atomic E-state index is 13.5. The zero-order valence-corrected chi connectivity index (χ0v) is 19.8. The van der Waals surface area contributed by atoms with Crippen LogP contribution in [0.25, 0.3) is 11.1 Å². The maximum absolute atomic E-state index is 13.5. The van der Waals surface area contributed by atoms with Crippen LogP contribution in [0.15, 0.2) is 64.2 Å². The molecule has 1 aliphatic rings. The molecule has 0 aliphatic carbocycles. The lowest BCUT2D eigenvalue weighted by Gasteiger charge is -2.36. The molecule has 4 rings (SSSR count). The Morgan fingerprint density at radius 2 is 1.62 bits per heavy atom. The van der Waals surface area contributed by atoms with E-state index in [-0.39, 0.29) is 28.6 Å². The zero-order valence-electron chi connectivity index (χ0n) is 18.2. The molecule has 34 heavy (non-hydrogen) atoms. The van der Waals surface area contributed by atoms with Crippen LogP contribution in [-0.2, 0) is 15.6 Å². The van der Waals surface area contributed by atoms with Gasteiger partial charge in [-0.25, -0.2) is 8.42 Å². The number of sulfonamides is 1. The van der Waals surface area contributed by atoms with E-state index < -0.39 is 21.8 Å². The number of rotatable bonds is 5. The number of aliphatic hydroxyl groups is 1. The number of hydrogen-bond donors (Lipinski definition) is 2. The largest absolute Gasteiger partial charge is 0.508 e. The number of halogens is 3. The second-order valence-electron chi connectivity index (χ2n) is 8.17. The number of nitrogens with zero attached hydrogens (tertiary/aromatic N) is 2. The highest BCUT2D eigenvalue weighted by Gasteiger charge is 2.51. The molecule has 11 heteroatoms. The van der Waals surface area contributed by atoms with Crippen molar-refractivity contribution < 1.29 is 31.8 Å². The summed E-state index contributed by atoms with van der Waals surface area (Å²) < 4.78 is 67.7. The fourth-order valence-corrected chi connectivity index (χ4v) is 6.42. The topological polar surface area (TPSA) is 81.1 Å². The van der Waals surface area contributed by atoms with Gasteiger partial charge in [-0.2, -0.15) is 17.5 Å². The monoisotopic (exact) mass is 512 g/mol. The van der Waals surface area contributed by atoms with E-state index in [1.807, 2.05) is 4.90 Å². The molecular weight excluding hydrogens is 489 g/mol. The molecule has 3 aromatic rings. The Labute approximate surface area is 199 Å². The molecule has 1 atom stereocenters. The van der Waals surface area contributed by atoms with E-state index in [0.717, 1.165) is 11.3 Å². The molecule has 1 saturated heterocycles. The first-order chi connectivity index (χ1) is 15.9. The van der Waals surface area contributed by atoms with Gasteiger partial charge in [-0.05, 0) is 53.8 Å². The summed E-state index contributed by atoms with van der Waals surface area (Å²) in [5, 5.41) is 21.5. The molecule has 0 amide bonds. The van der Waals surface area contributed by atoms with Crippen LogP contribution in [0.3, 0.4) is 0 Å². The number of benzene rings is 2. The van der Waals surface area contributed by atoms with Gasteiger partial charge in [0.15, 0.2) is 5.60 Å². The van der Waals surface area contributed by atoms with E-state index in [1.165, 1.54) is 34.6 Å². The van der Waals surface area contributed by atoms with Crippen molar-refractivity contribution in [3.8, 4) is 16.9 Å². The molecule has 0 spiro atoms. The van der Waals surface area contributed by atoms with Crippen LogP contribution >= 0.6 is 11.3 Å². The molecule has 182 valence electrons. The van der Waals surface area contributed by atoms with Gasteiger partial charge in [-0.3, -0.25) is 0 Å². The lowest BCUT2D eigenvalue weighted by atomic mass is 9.90. The van der Waals surface area contributed by atoms with Crippen LogP contribution < -0.4 is 4.90 Å². The maximum Gasteiger partial charge on any atom is 0.421 e. The Bertz CT molecular complexity index is 1250. The smallest absolute Gasteiger partial charge is 0.421 e. The van der Waals surface area contributed by atoms with Crippen LogP contribution in [0.4, 0.5) is 18.9 Å². The standard InChI is InChI=1S/C23H23F3N2O4S2/c1-22(30,23(24,25)26)17-6-9-20(19(15-17)16-4-7-18(29)8-5-16)27-10-12-28(13-11-27)34(31,32)21-3-2-14-33-21/h2-9,14-15,29-30H,10-13H2,1H3. The summed E-state index contributed by atoms with van der Waals surface area (Å²) in [4.78, 5) is 1.91. The van der Waals surface area contributed by atoms with E-state index in [0.29, 0.717) is 36.8 Å². The van der Waals surface area contributed by atoms with E-state index >= 15 is 0 Å². The fourth-order valence-electron chi connectivity index (χ4n) is 3.86. The van der Waals surface area contributed by atoms with Crippen LogP contribution in [0, 0.1) is 0 Å². The molecule has 2 aromatic carbocycles. The highest BCUT2D eigenvalue weighted by Crippen LogP contribution is 2.42. The third kappa shape index (κ3) is 4.52. The Morgan fingerprint density at radius 1 is 0.971 bits per heavy atom. The molecule has 2 heterocycles. The lowest BCUT2D eigenvalue weighted by Crippen LogP contribution is -2.48. The van der Waals surface area contributed by atoms with Gasteiger partial charge in [0.25, 0.3) is 10.0 Å². The van der Waals surface area contributed by atoms with Crippen LogP contribution in [-0.4, -0.2) is 55.3 Å². The summed E-state index contributed by atoms with van der Waals surface area (Å²) in [7, 11) is -3.59. The van der Waals surface area contributed by atoms with E-state index in [2.05, 4.69) is 0 Å². The number of aromatic hydroxyl groups is 1. The first-order valence-electron chi connectivity index (χ1n) is 10.4. The van der Waals surface area contributed by atoms with E-state index in [9.17, 15) is 31.8 Å². The van der Waals surface area contributed by atoms with Gasteiger partial charge >= 0.3 is 6.18 Å². The highest BCUT2D eigenvalue weighted by atomic mass is 32.2. The first kappa shape index (κ1) is 24.5. The third-order valence-electron chi connectivity index (χ3n) is 5.96. The summed E-state index contributed by atoms with van der Waals surface area (Å²) >= 11 is 1.15. The summed E-state index contributed by atoms with van der Waals surface area (Å²) in [6.07, 6.45) is -4.87. The molecular formula is C23H23F3N2O4S2. The van der Waals surface area contributed by atoms with E-state index in [1.54, 1.807) is 29.6 Å². The van der Waals surface area contributed by atoms with Crippen molar-refractivity contribution >= 4 is 27.0 Å². The van der Waals surface area contributed by atoms with Crippen molar-refractivity contribution in [1.82, 2.24) is 4.31 Å². The van der Waals surface area contributed by atoms with Crippen LogP contribution in [0.2, 0.25) is 0 Å². The second kappa shape index (κ2) is 8.88.